The molecule has 2 rings (SSSR count). The Bertz CT molecular complexity index is 555. The predicted octanol–water partition coefficient (Wildman–Crippen LogP) is 1.54. The summed E-state index contributed by atoms with van der Waals surface area (Å²) < 4.78 is 23.3. The lowest BCUT2D eigenvalue weighted by atomic mass is 10.2. The van der Waals surface area contributed by atoms with E-state index < -0.39 is 9.84 Å². The number of aliphatic imine (C=N–C) groups is 1. The molecule has 1 aliphatic heterocycles. The van der Waals surface area contributed by atoms with Crippen molar-refractivity contribution in [3.8, 4) is 0 Å². The van der Waals surface area contributed by atoms with Crippen molar-refractivity contribution in [1.29, 1.82) is 0 Å². The molecule has 0 fully saturated rings. The molecule has 0 radical (unpaired) electrons. The van der Waals surface area contributed by atoms with Gasteiger partial charge in [-0.1, -0.05) is 19.1 Å². The monoisotopic (exact) mass is 409 g/mol. The fraction of sp³-hybridized carbons (Fsp3) is 0.462. The third-order valence-corrected chi connectivity index (χ3v) is 4.77. The van der Waals surface area contributed by atoms with Crippen molar-refractivity contribution in [2.45, 2.75) is 24.8 Å². The van der Waals surface area contributed by atoms with E-state index in [1.54, 1.807) is 19.1 Å². The average Bonchev–Trinajstić information content (AvgIpc) is 2.47. The summed E-state index contributed by atoms with van der Waals surface area (Å²) in [4.78, 5) is 4.69. The zero-order chi connectivity index (χ0) is 13.7. The van der Waals surface area contributed by atoms with Gasteiger partial charge in [0, 0.05) is 19.6 Å². The van der Waals surface area contributed by atoms with Crippen LogP contribution in [0.25, 0.3) is 0 Å². The van der Waals surface area contributed by atoms with E-state index in [4.69, 9.17) is 0 Å². The number of sulfone groups is 1. The maximum absolute atomic E-state index is 11.7. The van der Waals surface area contributed by atoms with Crippen molar-refractivity contribution in [2.24, 2.45) is 4.99 Å². The minimum Gasteiger partial charge on any atom is -0.356 e. The van der Waals surface area contributed by atoms with Crippen LogP contribution in [0, 0.1) is 0 Å². The van der Waals surface area contributed by atoms with Crippen LogP contribution in [0.1, 0.15) is 18.9 Å². The first-order valence-electron chi connectivity index (χ1n) is 6.46. The largest absolute Gasteiger partial charge is 0.356 e. The Morgan fingerprint density at radius 2 is 2.00 bits per heavy atom. The summed E-state index contributed by atoms with van der Waals surface area (Å²) in [6.07, 6.45) is 1.06. The fourth-order valence-corrected chi connectivity index (χ4v) is 2.70. The summed E-state index contributed by atoms with van der Waals surface area (Å²) in [6, 6.07) is 6.98. The first-order valence-corrected chi connectivity index (χ1v) is 8.11. The molecule has 1 aromatic rings. The minimum atomic E-state index is -3.11. The van der Waals surface area contributed by atoms with Crippen LogP contribution >= 0.6 is 24.0 Å². The molecule has 0 amide bonds. The molecule has 0 spiro atoms. The second-order valence-electron chi connectivity index (χ2n) is 4.41. The SMILES string of the molecule is CCS(=O)(=O)c1ccc(CNC2=NCCCN2)cc1.I. The van der Waals surface area contributed by atoms with Crippen LogP contribution in [0.4, 0.5) is 0 Å². The predicted molar refractivity (Wildman–Crippen MR) is 91.3 cm³/mol. The number of hydrogen-bond acceptors (Lipinski definition) is 5. The molecule has 5 nitrogen and oxygen atoms in total. The van der Waals surface area contributed by atoms with E-state index in [9.17, 15) is 8.42 Å². The second-order valence-corrected chi connectivity index (χ2v) is 6.69. The van der Waals surface area contributed by atoms with Crippen LogP contribution in [0.2, 0.25) is 0 Å². The van der Waals surface area contributed by atoms with E-state index in [-0.39, 0.29) is 29.7 Å². The Balaban J connectivity index is 0.00000200. The quantitative estimate of drug-likeness (QED) is 0.741. The molecule has 1 aromatic carbocycles. The minimum absolute atomic E-state index is 0. The average molecular weight is 409 g/mol. The van der Waals surface area contributed by atoms with Crippen molar-refractivity contribution in [1.82, 2.24) is 10.6 Å². The van der Waals surface area contributed by atoms with Crippen LogP contribution in [0.5, 0.6) is 0 Å². The van der Waals surface area contributed by atoms with E-state index >= 15 is 0 Å². The van der Waals surface area contributed by atoms with Crippen molar-refractivity contribution >= 4 is 39.8 Å². The van der Waals surface area contributed by atoms with Gasteiger partial charge in [0.25, 0.3) is 0 Å². The molecule has 7 heteroatoms. The van der Waals surface area contributed by atoms with Crippen molar-refractivity contribution in [3.05, 3.63) is 29.8 Å². The van der Waals surface area contributed by atoms with Crippen LogP contribution < -0.4 is 10.6 Å². The van der Waals surface area contributed by atoms with Gasteiger partial charge in [-0.2, -0.15) is 0 Å². The molecule has 2 N–H and O–H groups in total. The van der Waals surface area contributed by atoms with E-state index in [0.717, 1.165) is 31.0 Å². The van der Waals surface area contributed by atoms with E-state index in [0.29, 0.717) is 11.4 Å². The van der Waals surface area contributed by atoms with Gasteiger partial charge in [-0.3, -0.25) is 4.99 Å². The highest BCUT2D eigenvalue weighted by Crippen LogP contribution is 2.12. The van der Waals surface area contributed by atoms with Crippen LogP contribution in [0.15, 0.2) is 34.2 Å². The molecule has 0 saturated heterocycles. The molecule has 0 unspecified atom stereocenters. The molecule has 20 heavy (non-hydrogen) atoms. The highest BCUT2D eigenvalue weighted by molar-refractivity contribution is 14.0. The lowest BCUT2D eigenvalue weighted by molar-refractivity contribution is 0.597. The first kappa shape index (κ1) is 17.2. The number of nitrogens with zero attached hydrogens (tertiary/aromatic N) is 1. The third kappa shape index (κ3) is 4.62. The molecular weight excluding hydrogens is 389 g/mol. The molecule has 0 saturated carbocycles. The van der Waals surface area contributed by atoms with E-state index in [2.05, 4.69) is 15.6 Å². The topological polar surface area (TPSA) is 70.6 Å². The van der Waals surface area contributed by atoms with Crippen molar-refractivity contribution < 1.29 is 8.42 Å². The standard InChI is InChI=1S/C13H19N3O2S.HI/c1-2-19(17,18)12-6-4-11(5-7-12)10-16-13-14-8-3-9-15-13;/h4-7H,2-3,8-10H2,1H3,(H2,14,15,16);1H. The Kier molecular flexibility index (Phi) is 6.74. The van der Waals surface area contributed by atoms with Crippen LogP contribution in [-0.4, -0.2) is 33.2 Å². The smallest absolute Gasteiger partial charge is 0.191 e. The van der Waals surface area contributed by atoms with Gasteiger partial charge in [-0.05, 0) is 24.1 Å². The number of rotatable bonds is 4. The number of nitrogens with one attached hydrogen (secondary N) is 2. The van der Waals surface area contributed by atoms with E-state index in [1.807, 2.05) is 12.1 Å². The van der Waals surface area contributed by atoms with Gasteiger partial charge in [-0.15, -0.1) is 24.0 Å². The Morgan fingerprint density at radius 1 is 1.30 bits per heavy atom. The summed E-state index contributed by atoms with van der Waals surface area (Å²) in [6.45, 7) is 4.08. The summed E-state index contributed by atoms with van der Waals surface area (Å²) in [7, 11) is -3.11. The van der Waals surface area contributed by atoms with Gasteiger partial charge in [0.2, 0.25) is 0 Å². The molecule has 112 valence electrons. The normalized spacial score (nSPS) is 14.8. The van der Waals surface area contributed by atoms with Gasteiger partial charge in [0.1, 0.15) is 0 Å². The molecular formula is C13H20IN3O2S. The zero-order valence-electron chi connectivity index (χ0n) is 11.4. The van der Waals surface area contributed by atoms with E-state index in [1.165, 1.54) is 0 Å². The molecule has 1 aliphatic rings. The lowest BCUT2D eigenvalue weighted by Crippen LogP contribution is -2.40. The van der Waals surface area contributed by atoms with Gasteiger partial charge in [0.15, 0.2) is 15.8 Å². The maximum atomic E-state index is 11.7. The van der Waals surface area contributed by atoms with Crippen LogP contribution in [0.3, 0.4) is 0 Å². The zero-order valence-corrected chi connectivity index (χ0v) is 14.6. The van der Waals surface area contributed by atoms with Gasteiger partial charge >= 0.3 is 0 Å². The van der Waals surface area contributed by atoms with Gasteiger partial charge in [0.05, 0.1) is 10.6 Å². The number of halogens is 1. The molecule has 0 atom stereocenters. The van der Waals surface area contributed by atoms with Gasteiger partial charge < -0.3 is 10.6 Å². The molecule has 0 bridgehead atoms. The Morgan fingerprint density at radius 3 is 2.55 bits per heavy atom. The highest BCUT2D eigenvalue weighted by Gasteiger charge is 2.10. The Labute approximate surface area is 137 Å². The number of hydrogen-bond donors (Lipinski definition) is 2. The molecule has 0 aromatic heterocycles. The summed E-state index contributed by atoms with van der Waals surface area (Å²) in [5.74, 6) is 0.946. The Hall–Kier alpha value is -0.830. The molecule has 1 heterocycles. The highest BCUT2D eigenvalue weighted by atomic mass is 127. The second kappa shape index (κ2) is 7.82. The fourth-order valence-electron chi connectivity index (χ4n) is 1.82. The number of benzene rings is 1. The lowest BCUT2D eigenvalue weighted by Gasteiger charge is -2.16. The van der Waals surface area contributed by atoms with Gasteiger partial charge in [-0.25, -0.2) is 8.42 Å². The summed E-state index contributed by atoms with van der Waals surface area (Å²) in [5, 5.41) is 6.38. The van der Waals surface area contributed by atoms with Crippen molar-refractivity contribution in [3.63, 3.8) is 0 Å². The van der Waals surface area contributed by atoms with Crippen molar-refractivity contribution in [2.75, 3.05) is 18.8 Å². The van der Waals surface area contributed by atoms with Crippen LogP contribution in [-0.2, 0) is 16.4 Å². The number of guanidine groups is 1. The summed E-state index contributed by atoms with van der Waals surface area (Å²) in [5.41, 5.74) is 1.03. The summed E-state index contributed by atoms with van der Waals surface area (Å²) >= 11 is 0. The maximum Gasteiger partial charge on any atom is 0.191 e. The first-order chi connectivity index (χ1) is 9.12. The third-order valence-electron chi connectivity index (χ3n) is 3.02. The molecule has 0 aliphatic carbocycles.